The zero-order valence-electron chi connectivity index (χ0n) is 14.2. The summed E-state index contributed by atoms with van der Waals surface area (Å²) >= 11 is 0. The molecule has 0 aromatic carbocycles. The molecule has 1 saturated heterocycles. The quantitative estimate of drug-likeness (QED) is 0.596. The van der Waals surface area contributed by atoms with E-state index < -0.39 is 51.2 Å². The van der Waals surface area contributed by atoms with Gasteiger partial charge in [0.15, 0.2) is 0 Å². The van der Waals surface area contributed by atoms with Crippen LogP contribution in [0.2, 0.25) is 0 Å². The Balaban J connectivity index is 1.81. The van der Waals surface area contributed by atoms with Crippen LogP contribution in [0.1, 0.15) is 19.8 Å². The molecule has 2 amide bonds. The fraction of sp³-hybridized carbons (Fsp3) is 0.643. The van der Waals surface area contributed by atoms with E-state index in [0.29, 0.717) is 11.3 Å². The molecule has 26 heavy (non-hydrogen) atoms. The van der Waals surface area contributed by atoms with Crippen molar-refractivity contribution in [2.45, 2.75) is 43.9 Å². The van der Waals surface area contributed by atoms with Crippen LogP contribution in [-0.2, 0) is 18.4 Å². The van der Waals surface area contributed by atoms with Crippen molar-refractivity contribution in [1.82, 2.24) is 10.2 Å². The molecule has 2 aliphatic heterocycles. The maximum Gasteiger partial charge on any atom is 0.327 e. The third-order valence-corrected chi connectivity index (χ3v) is 6.75. The summed E-state index contributed by atoms with van der Waals surface area (Å²) in [6, 6.07) is -0.502. The van der Waals surface area contributed by atoms with Gasteiger partial charge >= 0.3 is 6.03 Å². The second-order valence-corrected chi connectivity index (χ2v) is 10.3. The zero-order valence-corrected chi connectivity index (χ0v) is 16.0. The lowest BCUT2D eigenvalue weighted by molar-refractivity contribution is -0.314. The number of allylic oxidation sites excluding steroid dienone is 1. The number of nitrogens with zero attached hydrogens (tertiary/aromatic N) is 1. The minimum Gasteiger partial charge on any atom is -0.811 e. The van der Waals surface area contributed by atoms with Crippen molar-refractivity contribution < 1.29 is 37.9 Å². The lowest BCUT2D eigenvalue weighted by Gasteiger charge is -2.32. The SMILES string of the molecule is C=C1NC(=O)N(C2CC(OP(C)(=O)[O-])C(C3CC3P(=O)([O-])[O-])O2)C=C1C. The van der Waals surface area contributed by atoms with Gasteiger partial charge in [-0.05, 0) is 30.5 Å². The van der Waals surface area contributed by atoms with Crippen molar-refractivity contribution in [3.05, 3.63) is 24.0 Å². The van der Waals surface area contributed by atoms with Crippen LogP contribution in [0, 0.1) is 5.92 Å². The molecule has 1 aliphatic carbocycles. The zero-order chi connectivity index (χ0) is 19.4. The predicted octanol–water partition coefficient (Wildman–Crippen LogP) is -0.585. The van der Waals surface area contributed by atoms with Crippen LogP contribution in [0.4, 0.5) is 4.79 Å². The normalized spacial score (nSPS) is 37.2. The smallest absolute Gasteiger partial charge is 0.327 e. The molecule has 1 saturated carbocycles. The van der Waals surface area contributed by atoms with Gasteiger partial charge in [0.2, 0.25) is 0 Å². The van der Waals surface area contributed by atoms with E-state index in [0.717, 1.165) is 6.66 Å². The highest BCUT2D eigenvalue weighted by Crippen LogP contribution is 2.57. The summed E-state index contributed by atoms with van der Waals surface area (Å²) in [4.78, 5) is 47.4. The largest absolute Gasteiger partial charge is 0.811 e. The molecule has 0 radical (unpaired) electrons. The van der Waals surface area contributed by atoms with E-state index in [4.69, 9.17) is 9.26 Å². The highest BCUT2D eigenvalue weighted by molar-refractivity contribution is 7.50. The summed E-state index contributed by atoms with van der Waals surface area (Å²) in [5, 5.41) is 2.55. The number of hydrogen-bond acceptors (Lipinski definition) is 8. The molecule has 12 heteroatoms. The molecule has 146 valence electrons. The van der Waals surface area contributed by atoms with E-state index in [-0.39, 0.29) is 12.8 Å². The number of nitrogens with one attached hydrogen (secondary N) is 1. The summed E-state index contributed by atoms with van der Waals surface area (Å²) in [6.07, 6.45) is -1.09. The Morgan fingerprint density at radius 1 is 1.35 bits per heavy atom. The van der Waals surface area contributed by atoms with Crippen LogP contribution < -0.4 is 20.0 Å². The highest BCUT2D eigenvalue weighted by Gasteiger charge is 2.54. The Labute approximate surface area is 150 Å². The van der Waals surface area contributed by atoms with Crippen LogP contribution >= 0.6 is 15.2 Å². The fourth-order valence-electron chi connectivity index (χ4n) is 3.33. The van der Waals surface area contributed by atoms with E-state index in [1.165, 1.54) is 11.1 Å². The number of urea groups is 1. The average Bonchev–Trinajstić information content (AvgIpc) is 3.18. The fourth-order valence-corrected chi connectivity index (χ4v) is 5.17. The maximum absolute atomic E-state index is 12.2. The summed E-state index contributed by atoms with van der Waals surface area (Å²) in [7, 11) is -8.93. The van der Waals surface area contributed by atoms with Gasteiger partial charge < -0.3 is 38.4 Å². The molecule has 2 heterocycles. The van der Waals surface area contributed by atoms with Crippen LogP contribution in [-0.4, -0.2) is 41.7 Å². The van der Waals surface area contributed by atoms with Crippen LogP contribution in [0.15, 0.2) is 24.0 Å². The standard InChI is InChI=1S/C14H22N2O8P2/c1-7-6-16(14(17)15-8(7)2)12-5-10(24-25(3,18)19)13(23-12)9-4-11(9)26(20,21)22/h6,9-13H,2,4-5H2,1,3H3,(H,15,17)(H,18,19)(H2,20,21,22)/p-3. The lowest BCUT2D eigenvalue weighted by Crippen LogP contribution is -2.45. The molecular weight excluding hydrogens is 386 g/mol. The van der Waals surface area contributed by atoms with Gasteiger partial charge in [-0.25, -0.2) is 4.79 Å². The predicted molar refractivity (Wildman–Crippen MR) is 84.5 cm³/mol. The molecule has 3 rings (SSSR count). The molecule has 10 nitrogen and oxygen atoms in total. The molecule has 0 spiro atoms. The topological polar surface area (TPSA) is 154 Å². The van der Waals surface area contributed by atoms with E-state index >= 15 is 0 Å². The first-order valence-corrected chi connectivity index (χ1v) is 11.6. The first-order chi connectivity index (χ1) is 11.9. The summed E-state index contributed by atoms with van der Waals surface area (Å²) in [5.74, 6) is -0.648. The van der Waals surface area contributed by atoms with Crippen LogP contribution in [0.25, 0.3) is 0 Å². The van der Waals surface area contributed by atoms with Crippen LogP contribution in [0.3, 0.4) is 0 Å². The molecule has 0 aromatic rings. The van der Waals surface area contributed by atoms with E-state index in [1.807, 2.05) is 0 Å². The number of ether oxygens (including phenoxy) is 1. The molecular formula is C14H19N2O8P2-3. The number of amides is 2. The second kappa shape index (κ2) is 6.56. The number of rotatable bonds is 5. The Kier molecular flexibility index (Phi) is 4.99. The van der Waals surface area contributed by atoms with Gasteiger partial charge in [-0.3, -0.25) is 4.90 Å². The molecule has 1 N–H and O–H groups in total. The van der Waals surface area contributed by atoms with E-state index in [9.17, 15) is 28.6 Å². The Morgan fingerprint density at radius 3 is 2.54 bits per heavy atom. The number of hydrogen-bond donors (Lipinski definition) is 1. The van der Waals surface area contributed by atoms with Gasteiger partial charge in [0, 0.05) is 25.0 Å². The summed E-state index contributed by atoms with van der Waals surface area (Å²) in [5.41, 5.74) is 0.0200. The second-order valence-electron chi connectivity index (χ2n) is 6.84. The van der Waals surface area contributed by atoms with Gasteiger partial charge in [0.25, 0.3) is 0 Å². The van der Waals surface area contributed by atoms with Gasteiger partial charge in [0.05, 0.1) is 12.2 Å². The van der Waals surface area contributed by atoms with Gasteiger partial charge in [-0.1, -0.05) is 14.2 Å². The first-order valence-electron chi connectivity index (χ1n) is 7.98. The number of carbonyl (C=O) groups excluding carboxylic acids is 1. The maximum atomic E-state index is 12.2. The van der Waals surface area contributed by atoms with Crippen molar-refractivity contribution >= 4 is 21.2 Å². The molecule has 0 aromatic heterocycles. The lowest BCUT2D eigenvalue weighted by atomic mass is 10.1. The third-order valence-electron chi connectivity index (χ3n) is 4.69. The molecule has 3 aliphatic rings. The molecule has 6 atom stereocenters. The molecule has 6 unspecified atom stereocenters. The Hall–Kier alpha value is -0.990. The first kappa shape index (κ1) is 19.8. The number of carbonyl (C=O) groups is 1. The minimum absolute atomic E-state index is 0.0274. The van der Waals surface area contributed by atoms with Crippen molar-refractivity contribution in [3.8, 4) is 0 Å². The van der Waals surface area contributed by atoms with Crippen molar-refractivity contribution in [1.29, 1.82) is 0 Å². The third kappa shape index (κ3) is 4.12. The Bertz CT molecular complexity index is 756. The van der Waals surface area contributed by atoms with Gasteiger partial charge in [-0.2, -0.15) is 0 Å². The highest BCUT2D eigenvalue weighted by atomic mass is 31.2. The minimum atomic E-state index is -4.79. The summed E-state index contributed by atoms with van der Waals surface area (Å²) in [6.45, 7) is 6.32. The van der Waals surface area contributed by atoms with Crippen molar-refractivity contribution in [2.24, 2.45) is 5.92 Å². The van der Waals surface area contributed by atoms with Crippen LogP contribution in [0.5, 0.6) is 0 Å². The summed E-state index contributed by atoms with van der Waals surface area (Å²) < 4.78 is 33.6. The monoisotopic (exact) mass is 405 g/mol. The van der Waals surface area contributed by atoms with Gasteiger partial charge in [0.1, 0.15) is 13.8 Å². The van der Waals surface area contributed by atoms with Crippen molar-refractivity contribution in [2.75, 3.05) is 6.66 Å². The van der Waals surface area contributed by atoms with Crippen molar-refractivity contribution in [3.63, 3.8) is 0 Å². The van der Waals surface area contributed by atoms with E-state index in [2.05, 4.69) is 11.9 Å². The van der Waals surface area contributed by atoms with Gasteiger partial charge in [-0.15, -0.1) is 0 Å². The molecule has 0 bridgehead atoms. The molecule has 2 fully saturated rings. The van der Waals surface area contributed by atoms with E-state index in [1.54, 1.807) is 6.92 Å². The average molecular weight is 405 g/mol. The Morgan fingerprint density at radius 2 is 2.00 bits per heavy atom.